The molecule has 0 aliphatic carbocycles. The average Bonchev–Trinajstić information content (AvgIpc) is 2.14. The van der Waals surface area contributed by atoms with Crippen LogP contribution >= 0.6 is 0 Å². The third-order valence-corrected chi connectivity index (χ3v) is 2.25. The maximum Gasteiger partial charge on any atom is 0.330 e. The van der Waals surface area contributed by atoms with Crippen LogP contribution in [0.5, 0.6) is 0 Å². The number of nitrogen functional groups attached to an aromatic ring is 2. The summed E-state index contributed by atoms with van der Waals surface area (Å²) in [6.07, 6.45) is 0.732. The lowest BCUT2D eigenvalue weighted by Crippen LogP contribution is -2.35. The highest BCUT2D eigenvalue weighted by Crippen LogP contribution is 2.14. The van der Waals surface area contributed by atoms with Gasteiger partial charge in [0.1, 0.15) is 11.5 Å². The van der Waals surface area contributed by atoms with Gasteiger partial charge in [-0.25, -0.2) is 4.79 Å². The van der Waals surface area contributed by atoms with Gasteiger partial charge in [0.15, 0.2) is 0 Å². The van der Waals surface area contributed by atoms with E-state index < -0.39 is 11.2 Å². The Balaban J connectivity index is 3.52. The van der Waals surface area contributed by atoms with Crippen LogP contribution in [0.1, 0.15) is 26.3 Å². The second-order valence-corrected chi connectivity index (χ2v) is 3.19. The van der Waals surface area contributed by atoms with E-state index in [0.717, 1.165) is 6.42 Å². The summed E-state index contributed by atoms with van der Waals surface area (Å²) in [4.78, 5) is 24.5. The van der Waals surface area contributed by atoms with Crippen molar-refractivity contribution in [3.05, 3.63) is 20.8 Å². The third kappa shape index (κ3) is 1.50. The Morgan fingerprint density at radius 1 is 1.43 bits per heavy atom. The second-order valence-electron chi connectivity index (χ2n) is 3.19. The first-order valence-electron chi connectivity index (χ1n) is 4.38. The van der Waals surface area contributed by atoms with Crippen molar-refractivity contribution in [2.24, 2.45) is 0 Å². The van der Waals surface area contributed by atoms with Gasteiger partial charge in [0.2, 0.25) is 0 Å². The average molecular weight is 198 g/mol. The van der Waals surface area contributed by atoms with Crippen LogP contribution in [0.25, 0.3) is 0 Å². The summed E-state index contributed by atoms with van der Waals surface area (Å²) in [6.45, 7) is 3.74. The highest BCUT2D eigenvalue weighted by Gasteiger charge is 2.12. The fourth-order valence-electron chi connectivity index (χ4n) is 1.20. The second kappa shape index (κ2) is 3.57. The molecule has 5 N–H and O–H groups in total. The van der Waals surface area contributed by atoms with Crippen LogP contribution < -0.4 is 22.7 Å². The number of nitrogens with two attached hydrogens (primary N) is 2. The predicted octanol–water partition coefficient (Wildman–Crippen LogP) is -0.328. The number of anilines is 2. The SMILES string of the molecule is CCC(C)n1c(N)c(N)c(=O)[nH]c1=O. The summed E-state index contributed by atoms with van der Waals surface area (Å²) >= 11 is 0. The molecule has 1 aromatic rings. The summed E-state index contributed by atoms with van der Waals surface area (Å²) in [6, 6.07) is -0.0818. The van der Waals surface area contributed by atoms with Crippen molar-refractivity contribution >= 4 is 11.5 Å². The Kier molecular flexibility index (Phi) is 2.64. The van der Waals surface area contributed by atoms with E-state index in [1.807, 2.05) is 13.8 Å². The zero-order chi connectivity index (χ0) is 10.9. The quantitative estimate of drug-likeness (QED) is 0.604. The number of rotatable bonds is 2. The Hall–Kier alpha value is -1.72. The molecule has 0 aromatic carbocycles. The number of aromatic amines is 1. The van der Waals surface area contributed by atoms with Crippen LogP contribution in [-0.4, -0.2) is 9.55 Å². The van der Waals surface area contributed by atoms with Crippen molar-refractivity contribution < 1.29 is 0 Å². The Morgan fingerprint density at radius 3 is 2.50 bits per heavy atom. The highest BCUT2D eigenvalue weighted by molar-refractivity contribution is 5.56. The largest absolute Gasteiger partial charge is 0.391 e. The molecule has 0 radical (unpaired) electrons. The van der Waals surface area contributed by atoms with E-state index in [1.54, 1.807) is 0 Å². The fourth-order valence-corrected chi connectivity index (χ4v) is 1.20. The molecule has 6 nitrogen and oxygen atoms in total. The molecule has 0 bridgehead atoms. The van der Waals surface area contributed by atoms with Crippen molar-refractivity contribution in [3.63, 3.8) is 0 Å². The molecular formula is C8H14N4O2. The third-order valence-electron chi connectivity index (χ3n) is 2.25. The first kappa shape index (κ1) is 10.4. The first-order chi connectivity index (χ1) is 6.49. The van der Waals surface area contributed by atoms with Crippen molar-refractivity contribution in [1.29, 1.82) is 0 Å². The molecule has 0 fully saturated rings. The zero-order valence-corrected chi connectivity index (χ0v) is 8.20. The van der Waals surface area contributed by atoms with Gasteiger partial charge in [0, 0.05) is 6.04 Å². The lowest BCUT2D eigenvalue weighted by molar-refractivity contribution is 0.511. The molecule has 14 heavy (non-hydrogen) atoms. The molecule has 6 heteroatoms. The van der Waals surface area contributed by atoms with Crippen LogP contribution in [0.2, 0.25) is 0 Å². The van der Waals surface area contributed by atoms with Gasteiger partial charge in [-0.2, -0.15) is 0 Å². The monoisotopic (exact) mass is 198 g/mol. The van der Waals surface area contributed by atoms with Crippen LogP contribution in [-0.2, 0) is 0 Å². The molecule has 0 spiro atoms. The molecule has 1 heterocycles. The summed E-state index contributed by atoms with van der Waals surface area (Å²) in [5.41, 5.74) is 9.74. The van der Waals surface area contributed by atoms with Crippen molar-refractivity contribution in [2.45, 2.75) is 26.3 Å². The van der Waals surface area contributed by atoms with E-state index in [-0.39, 0.29) is 17.5 Å². The predicted molar refractivity (Wildman–Crippen MR) is 55.1 cm³/mol. The van der Waals surface area contributed by atoms with Gasteiger partial charge in [0.25, 0.3) is 5.56 Å². The van der Waals surface area contributed by atoms with E-state index >= 15 is 0 Å². The maximum atomic E-state index is 11.4. The van der Waals surface area contributed by atoms with Gasteiger partial charge >= 0.3 is 5.69 Å². The summed E-state index contributed by atoms with van der Waals surface area (Å²) in [5.74, 6) is 0.0353. The topological polar surface area (TPSA) is 107 Å². The molecule has 1 atom stereocenters. The van der Waals surface area contributed by atoms with Crippen LogP contribution in [0, 0.1) is 0 Å². The van der Waals surface area contributed by atoms with Crippen molar-refractivity contribution in [1.82, 2.24) is 9.55 Å². The lowest BCUT2D eigenvalue weighted by Gasteiger charge is -2.15. The molecule has 78 valence electrons. The van der Waals surface area contributed by atoms with E-state index in [0.29, 0.717) is 0 Å². The zero-order valence-electron chi connectivity index (χ0n) is 8.20. The summed E-state index contributed by atoms with van der Waals surface area (Å²) < 4.78 is 1.29. The van der Waals surface area contributed by atoms with Crippen LogP contribution in [0.3, 0.4) is 0 Å². The number of nitrogens with zero attached hydrogens (tertiary/aromatic N) is 1. The number of aromatic nitrogens is 2. The van der Waals surface area contributed by atoms with Gasteiger partial charge in [-0.15, -0.1) is 0 Å². The van der Waals surface area contributed by atoms with Gasteiger partial charge in [-0.3, -0.25) is 14.3 Å². The molecule has 0 amide bonds. The minimum absolute atomic E-state index is 0.0353. The van der Waals surface area contributed by atoms with Crippen molar-refractivity contribution in [3.8, 4) is 0 Å². The van der Waals surface area contributed by atoms with Gasteiger partial charge in [-0.1, -0.05) is 6.92 Å². The minimum atomic E-state index is -0.632. The van der Waals surface area contributed by atoms with Crippen molar-refractivity contribution in [2.75, 3.05) is 11.5 Å². The highest BCUT2D eigenvalue weighted by atomic mass is 16.2. The molecule has 1 aromatic heterocycles. The summed E-state index contributed by atoms with van der Waals surface area (Å²) in [7, 11) is 0. The molecule has 0 aliphatic heterocycles. The Morgan fingerprint density at radius 2 is 2.00 bits per heavy atom. The van der Waals surface area contributed by atoms with E-state index in [1.165, 1.54) is 4.57 Å². The van der Waals surface area contributed by atoms with Crippen LogP contribution in [0.15, 0.2) is 9.59 Å². The fraction of sp³-hybridized carbons (Fsp3) is 0.500. The Labute approximate surface area is 80.5 Å². The Bertz CT molecular complexity index is 446. The molecular weight excluding hydrogens is 184 g/mol. The smallest absolute Gasteiger partial charge is 0.330 e. The molecule has 0 saturated carbocycles. The lowest BCUT2D eigenvalue weighted by atomic mass is 10.2. The summed E-state index contributed by atoms with van der Waals surface area (Å²) in [5, 5.41) is 0. The van der Waals surface area contributed by atoms with E-state index in [9.17, 15) is 9.59 Å². The van der Waals surface area contributed by atoms with E-state index in [2.05, 4.69) is 4.98 Å². The van der Waals surface area contributed by atoms with Crippen LogP contribution in [0.4, 0.5) is 11.5 Å². The van der Waals surface area contributed by atoms with Gasteiger partial charge in [0.05, 0.1) is 0 Å². The normalized spacial score (nSPS) is 12.7. The number of nitrogens with one attached hydrogen (secondary N) is 1. The van der Waals surface area contributed by atoms with Gasteiger partial charge in [-0.05, 0) is 13.3 Å². The minimum Gasteiger partial charge on any atom is -0.391 e. The number of hydrogen-bond acceptors (Lipinski definition) is 4. The molecule has 0 saturated heterocycles. The van der Waals surface area contributed by atoms with Gasteiger partial charge < -0.3 is 11.5 Å². The maximum absolute atomic E-state index is 11.4. The number of H-pyrrole nitrogens is 1. The first-order valence-corrected chi connectivity index (χ1v) is 4.38. The molecule has 0 aliphatic rings. The standard InChI is InChI=1S/C8H14N4O2/c1-3-4(2)12-6(10)5(9)7(13)11-8(12)14/h4H,3,9-10H2,1-2H3,(H,11,13,14). The number of hydrogen-bond donors (Lipinski definition) is 3. The van der Waals surface area contributed by atoms with E-state index in [4.69, 9.17) is 11.5 Å². The molecule has 1 unspecified atom stereocenters. The molecule has 1 rings (SSSR count).